The van der Waals surface area contributed by atoms with Crippen molar-refractivity contribution in [3.8, 4) is 11.5 Å². The molecule has 0 atom stereocenters. The topological polar surface area (TPSA) is 84.9 Å². The maximum Gasteiger partial charge on any atom is 0.243 e. The van der Waals surface area contributed by atoms with E-state index in [4.69, 9.17) is 21.1 Å². The molecule has 1 aliphatic heterocycles. The van der Waals surface area contributed by atoms with Gasteiger partial charge in [0.1, 0.15) is 13.2 Å². The number of benzene rings is 2. The third kappa shape index (κ3) is 4.66. The lowest BCUT2D eigenvalue weighted by Gasteiger charge is -2.24. The predicted octanol–water partition coefficient (Wildman–Crippen LogP) is 2.58. The van der Waals surface area contributed by atoms with Crippen LogP contribution in [-0.4, -0.2) is 44.4 Å². The SMILES string of the molecule is O=C(CN(Cc1ccccc1Cl)S(=O)(=O)c1ccc2c(c1)OCCO2)NC1CC1. The largest absolute Gasteiger partial charge is 0.486 e. The molecule has 7 nitrogen and oxygen atoms in total. The first kappa shape index (κ1) is 20.0. The fourth-order valence-corrected chi connectivity index (χ4v) is 4.62. The standard InChI is InChI=1S/C20H21ClN2O5S/c21-17-4-2-1-3-14(17)12-23(13-20(24)22-15-5-6-15)29(25,26)16-7-8-18-19(11-16)28-10-9-27-18/h1-4,7-8,11,15H,5-6,9-10,12-13H2,(H,22,24). The van der Waals surface area contributed by atoms with Crippen LogP contribution in [0, 0.1) is 0 Å². The number of hydrogen-bond acceptors (Lipinski definition) is 5. The first-order valence-corrected chi connectivity index (χ1v) is 11.2. The van der Waals surface area contributed by atoms with Crippen LogP contribution in [0.15, 0.2) is 47.4 Å². The van der Waals surface area contributed by atoms with Crippen molar-refractivity contribution in [2.45, 2.75) is 30.3 Å². The minimum Gasteiger partial charge on any atom is -0.486 e. The lowest BCUT2D eigenvalue weighted by molar-refractivity contribution is -0.121. The molecule has 154 valence electrons. The first-order valence-electron chi connectivity index (χ1n) is 9.36. The zero-order valence-electron chi connectivity index (χ0n) is 15.6. The number of sulfonamides is 1. The molecule has 0 aromatic heterocycles. The van der Waals surface area contributed by atoms with Gasteiger partial charge in [-0.3, -0.25) is 4.79 Å². The monoisotopic (exact) mass is 436 g/mol. The summed E-state index contributed by atoms with van der Waals surface area (Å²) < 4.78 is 38.9. The summed E-state index contributed by atoms with van der Waals surface area (Å²) in [5.41, 5.74) is 0.620. The summed E-state index contributed by atoms with van der Waals surface area (Å²) in [5.74, 6) is 0.539. The molecular weight excluding hydrogens is 416 g/mol. The van der Waals surface area contributed by atoms with Crippen molar-refractivity contribution < 1.29 is 22.7 Å². The highest BCUT2D eigenvalue weighted by Gasteiger charge is 2.31. The summed E-state index contributed by atoms with van der Waals surface area (Å²) >= 11 is 6.23. The lowest BCUT2D eigenvalue weighted by atomic mass is 10.2. The summed E-state index contributed by atoms with van der Waals surface area (Å²) in [6, 6.07) is 11.6. The van der Waals surface area contributed by atoms with E-state index in [9.17, 15) is 13.2 Å². The van der Waals surface area contributed by atoms with E-state index in [2.05, 4.69) is 5.32 Å². The van der Waals surface area contributed by atoms with Crippen LogP contribution in [-0.2, 0) is 21.4 Å². The highest BCUT2D eigenvalue weighted by molar-refractivity contribution is 7.89. The van der Waals surface area contributed by atoms with E-state index in [1.54, 1.807) is 30.3 Å². The molecule has 1 amide bonds. The van der Waals surface area contributed by atoms with Crippen LogP contribution in [0.4, 0.5) is 0 Å². The van der Waals surface area contributed by atoms with Crippen molar-refractivity contribution in [3.63, 3.8) is 0 Å². The van der Waals surface area contributed by atoms with Gasteiger partial charge in [0.2, 0.25) is 15.9 Å². The first-order chi connectivity index (χ1) is 13.9. The number of carbonyl (C=O) groups excluding carboxylic acids is 1. The number of carbonyl (C=O) groups is 1. The summed E-state index contributed by atoms with van der Waals surface area (Å²) in [6.45, 7) is 0.454. The molecule has 0 radical (unpaired) electrons. The molecule has 1 saturated carbocycles. The summed E-state index contributed by atoms with van der Waals surface area (Å²) in [7, 11) is -3.98. The lowest BCUT2D eigenvalue weighted by Crippen LogP contribution is -2.41. The Labute approximate surface area is 174 Å². The maximum atomic E-state index is 13.4. The molecule has 1 heterocycles. The van der Waals surface area contributed by atoms with Gasteiger partial charge in [-0.25, -0.2) is 8.42 Å². The number of nitrogens with one attached hydrogen (secondary N) is 1. The molecule has 1 fully saturated rings. The highest BCUT2D eigenvalue weighted by Crippen LogP contribution is 2.33. The van der Waals surface area contributed by atoms with Gasteiger partial charge in [-0.1, -0.05) is 29.8 Å². The molecule has 2 aromatic rings. The van der Waals surface area contributed by atoms with Gasteiger partial charge >= 0.3 is 0 Å². The molecule has 4 rings (SSSR count). The number of hydrogen-bond donors (Lipinski definition) is 1. The second-order valence-electron chi connectivity index (χ2n) is 7.01. The molecule has 9 heteroatoms. The Kier molecular flexibility index (Phi) is 5.67. The number of halogens is 1. The van der Waals surface area contributed by atoms with Gasteiger partial charge in [-0.05, 0) is 36.6 Å². The second-order valence-corrected chi connectivity index (χ2v) is 9.36. The van der Waals surface area contributed by atoms with Crippen molar-refractivity contribution in [2.75, 3.05) is 19.8 Å². The van der Waals surface area contributed by atoms with Gasteiger partial charge < -0.3 is 14.8 Å². The Morgan fingerprint density at radius 1 is 1.10 bits per heavy atom. The van der Waals surface area contributed by atoms with E-state index >= 15 is 0 Å². The van der Waals surface area contributed by atoms with E-state index < -0.39 is 10.0 Å². The van der Waals surface area contributed by atoms with E-state index in [-0.39, 0.29) is 29.9 Å². The molecule has 0 bridgehead atoms. The average Bonchev–Trinajstić information content (AvgIpc) is 3.52. The van der Waals surface area contributed by atoms with Gasteiger partial charge in [0.05, 0.1) is 11.4 Å². The molecule has 1 N–H and O–H groups in total. The van der Waals surface area contributed by atoms with E-state index in [0.29, 0.717) is 35.3 Å². The number of ether oxygens (including phenoxy) is 2. The minimum absolute atomic E-state index is 0.0193. The molecule has 1 aliphatic carbocycles. The van der Waals surface area contributed by atoms with Gasteiger partial charge in [-0.2, -0.15) is 4.31 Å². The van der Waals surface area contributed by atoms with Gasteiger partial charge in [0, 0.05) is 23.7 Å². The van der Waals surface area contributed by atoms with Crippen molar-refractivity contribution in [3.05, 3.63) is 53.1 Å². The van der Waals surface area contributed by atoms with E-state index in [1.165, 1.54) is 12.1 Å². The van der Waals surface area contributed by atoms with Crippen LogP contribution in [0.1, 0.15) is 18.4 Å². The van der Waals surface area contributed by atoms with Crippen molar-refractivity contribution in [1.29, 1.82) is 0 Å². The quantitative estimate of drug-likeness (QED) is 0.721. The maximum absolute atomic E-state index is 13.4. The summed E-state index contributed by atoms with van der Waals surface area (Å²) in [5, 5.41) is 3.28. The van der Waals surface area contributed by atoms with Crippen molar-refractivity contribution >= 4 is 27.5 Å². The summed E-state index contributed by atoms with van der Waals surface area (Å²) in [4.78, 5) is 12.4. The van der Waals surface area contributed by atoms with Gasteiger partial charge in [-0.15, -0.1) is 0 Å². The third-order valence-electron chi connectivity index (χ3n) is 4.72. The van der Waals surface area contributed by atoms with E-state index in [0.717, 1.165) is 17.1 Å². The Balaban J connectivity index is 1.64. The van der Waals surface area contributed by atoms with Crippen LogP contribution in [0.25, 0.3) is 0 Å². The van der Waals surface area contributed by atoms with Crippen molar-refractivity contribution in [2.24, 2.45) is 0 Å². The Morgan fingerprint density at radius 2 is 1.83 bits per heavy atom. The van der Waals surface area contributed by atoms with Crippen LogP contribution >= 0.6 is 11.6 Å². The fraction of sp³-hybridized carbons (Fsp3) is 0.350. The Morgan fingerprint density at radius 3 is 2.55 bits per heavy atom. The number of rotatable bonds is 7. The molecule has 0 unspecified atom stereocenters. The van der Waals surface area contributed by atoms with Crippen LogP contribution in [0.5, 0.6) is 11.5 Å². The summed E-state index contributed by atoms with van der Waals surface area (Å²) in [6.07, 6.45) is 1.84. The minimum atomic E-state index is -3.98. The molecule has 2 aliphatic rings. The molecule has 2 aromatic carbocycles. The molecule has 0 saturated heterocycles. The van der Waals surface area contributed by atoms with E-state index in [1.807, 2.05) is 0 Å². The second kappa shape index (κ2) is 8.22. The van der Waals surface area contributed by atoms with Gasteiger partial charge in [0.15, 0.2) is 11.5 Å². The number of amides is 1. The Bertz CT molecular complexity index is 1020. The van der Waals surface area contributed by atoms with Gasteiger partial charge in [0.25, 0.3) is 0 Å². The predicted molar refractivity (Wildman–Crippen MR) is 108 cm³/mol. The molecular formula is C20H21ClN2O5S. The third-order valence-corrected chi connectivity index (χ3v) is 6.87. The molecule has 29 heavy (non-hydrogen) atoms. The Hall–Kier alpha value is -2.29. The number of nitrogens with zero attached hydrogens (tertiary/aromatic N) is 1. The normalized spacial score (nSPS) is 15.9. The van der Waals surface area contributed by atoms with Crippen LogP contribution in [0.3, 0.4) is 0 Å². The zero-order chi connectivity index (χ0) is 20.4. The smallest absolute Gasteiger partial charge is 0.243 e. The average molecular weight is 437 g/mol. The van der Waals surface area contributed by atoms with Crippen LogP contribution < -0.4 is 14.8 Å². The highest BCUT2D eigenvalue weighted by atomic mass is 35.5. The zero-order valence-corrected chi connectivity index (χ0v) is 17.2. The molecule has 0 spiro atoms. The number of fused-ring (bicyclic) bond motifs is 1. The fourth-order valence-electron chi connectivity index (χ4n) is 3.04. The van der Waals surface area contributed by atoms with Crippen molar-refractivity contribution in [1.82, 2.24) is 9.62 Å². The van der Waals surface area contributed by atoms with Crippen LogP contribution in [0.2, 0.25) is 5.02 Å².